The third-order valence-corrected chi connectivity index (χ3v) is 2.89. The summed E-state index contributed by atoms with van der Waals surface area (Å²) in [6.45, 7) is 1.57. The van der Waals surface area contributed by atoms with Crippen LogP contribution >= 0.6 is 0 Å². The molecule has 0 aliphatic rings. The monoisotopic (exact) mass is 289 g/mol. The molecule has 0 spiro atoms. The Morgan fingerprint density at radius 3 is 2.57 bits per heavy atom. The van der Waals surface area contributed by atoms with Gasteiger partial charge in [0, 0.05) is 5.69 Å². The van der Waals surface area contributed by atoms with Gasteiger partial charge in [-0.15, -0.1) is 0 Å². The van der Waals surface area contributed by atoms with Crippen molar-refractivity contribution in [2.24, 2.45) is 0 Å². The molecule has 1 N–H and O–H groups in total. The molecule has 21 heavy (non-hydrogen) atoms. The number of halogens is 1. The first-order valence-electron chi connectivity index (χ1n) is 6.42. The van der Waals surface area contributed by atoms with Crippen LogP contribution in [-0.4, -0.2) is 19.6 Å². The Bertz CT molecular complexity index is 643. The summed E-state index contributed by atoms with van der Waals surface area (Å²) < 4.78 is 23.5. The molecular formula is C16H16FNO3. The zero-order valence-electron chi connectivity index (χ0n) is 11.9. The SMILES string of the molecule is COc1ccccc1OCC(=O)Nc1ccc(F)cc1C. The maximum atomic E-state index is 13.0. The van der Waals surface area contributed by atoms with Crippen molar-refractivity contribution < 1.29 is 18.7 Å². The van der Waals surface area contributed by atoms with Crippen molar-refractivity contribution in [2.75, 3.05) is 19.0 Å². The van der Waals surface area contributed by atoms with E-state index in [0.717, 1.165) is 0 Å². The van der Waals surface area contributed by atoms with E-state index >= 15 is 0 Å². The molecule has 0 heterocycles. The van der Waals surface area contributed by atoms with E-state index in [2.05, 4.69) is 5.32 Å². The van der Waals surface area contributed by atoms with Crippen LogP contribution in [-0.2, 0) is 4.79 Å². The Kier molecular flexibility index (Phi) is 4.77. The summed E-state index contributed by atoms with van der Waals surface area (Å²) in [6, 6.07) is 11.2. The summed E-state index contributed by atoms with van der Waals surface area (Å²) in [4.78, 5) is 11.9. The second-order valence-electron chi connectivity index (χ2n) is 4.45. The van der Waals surface area contributed by atoms with Crippen LogP contribution in [0.3, 0.4) is 0 Å². The number of hydrogen-bond donors (Lipinski definition) is 1. The van der Waals surface area contributed by atoms with Crippen LogP contribution in [0.15, 0.2) is 42.5 Å². The summed E-state index contributed by atoms with van der Waals surface area (Å²) >= 11 is 0. The van der Waals surface area contributed by atoms with Crippen molar-refractivity contribution in [3.63, 3.8) is 0 Å². The highest BCUT2D eigenvalue weighted by Gasteiger charge is 2.08. The first-order chi connectivity index (χ1) is 10.1. The molecule has 0 unspecified atom stereocenters. The normalized spacial score (nSPS) is 10.0. The molecule has 2 aromatic rings. The Morgan fingerprint density at radius 1 is 1.19 bits per heavy atom. The molecule has 0 aromatic heterocycles. The number of nitrogens with one attached hydrogen (secondary N) is 1. The first-order valence-corrected chi connectivity index (χ1v) is 6.42. The van der Waals surface area contributed by atoms with E-state index in [1.54, 1.807) is 25.1 Å². The molecule has 0 aliphatic carbocycles. The molecule has 4 nitrogen and oxygen atoms in total. The van der Waals surface area contributed by atoms with Crippen molar-refractivity contribution in [1.29, 1.82) is 0 Å². The smallest absolute Gasteiger partial charge is 0.262 e. The quantitative estimate of drug-likeness (QED) is 0.919. The van der Waals surface area contributed by atoms with Crippen LogP contribution < -0.4 is 14.8 Å². The second-order valence-corrected chi connectivity index (χ2v) is 4.45. The topological polar surface area (TPSA) is 47.6 Å². The van der Waals surface area contributed by atoms with Gasteiger partial charge in [0.2, 0.25) is 0 Å². The molecule has 0 aliphatic heterocycles. The molecule has 1 amide bonds. The number of anilines is 1. The Hall–Kier alpha value is -2.56. The van der Waals surface area contributed by atoms with Gasteiger partial charge in [0.05, 0.1) is 7.11 Å². The van der Waals surface area contributed by atoms with E-state index in [0.29, 0.717) is 22.7 Å². The molecule has 0 atom stereocenters. The zero-order valence-corrected chi connectivity index (χ0v) is 11.9. The number of amides is 1. The predicted molar refractivity (Wildman–Crippen MR) is 78.3 cm³/mol. The average Bonchev–Trinajstić information content (AvgIpc) is 2.48. The summed E-state index contributed by atoms with van der Waals surface area (Å²) in [5.41, 5.74) is 1.21. The summed E-state index contributed by atoms with van der Waals surface area (Å²) in [7, 11) is 1.53. The molecule has 0 saturated heterocycles. The number of hydrogen-bond acceptors (Lipinski definition) is 3. The fraction of sp³-hybridized carbons (Fsp3) is 0.188. The minimum atomic E-state index is -0.337. The second kappa shape index (κ2) is 6.74. The number of rotatable bonds is 5. The fourth-order valence-corrected chi connectivity index (χ4v) is 1.83. The van der Waals surface area contributed by atoms with Gasteiger partial charge >= 0.3 is 0 Å². The highest BCUT2D eigenvalue weighted by atomic mass is 19.1. The number of benzene rings is 2. The van der Waals surface area contributed by atoms with E-state index in [1.807, 2.05) is 6.07 Å². The largest absolute Gasteiger partial charge is 0.493 e. The van der Waals surface area contributed by atoms with Gasteiger partial charge in [-0.05, 0) is 42.8 Å². The lowest BCUT2D eigenvalue weighted by Gasteiger charge is -2.11. The molecule has 5 heteroatoms. The fourth-order valence-electron chi connectivity index (χ4n) is 1.83. The number of para-hydroxylation sites is 2. The van der Waals surface area contributed by atoms with Gasteiger partial charge in [0.25, 0.3) is 5.91 Å². The van der Waals surface area contributed by atoms with Gasteiger partial charge in [-0.1, -0.05) is 12.1 Å². The molecule has 2 aromatic carbocycles. The Labute approximate surface area is 122 Å². The molecule has 2 rings (SSSR count). The maximum absolute atomic E-state index is 13.0. The molecule has 110 valence electrons. The molecule has 0 radical (unpaired) electrons. The zero-order chi connectivity index (χ0) is 15.2. The van der Waals surface area contributed by atoms with Crippen molar-refractivity contribution >= 4 is 11.6 Å². The van der Waals surface area contributed by atoms with Gasteiger partial charge in [0.1, 0.15) is 5.82 Å². The molecular weight excluding hydrogens is 273 g/mol. The van der Waals surface area contributed by atoms with Crippen LogP contribution in [0.25, 0.3) is 0 Å². The maximum Gasteiger partial charge on any atom is 0.262 e. The molecule has 0 fully saturated rings. The number of aryl methyl sites for hydroxylation is 1. The summed E-state index contributed by atoms with van der Waals surface area (Å²) in [5, 5.41) is 2.67. The van der Waals surface area contributed by atoms with E-state index in [9.17, 15) is 9.18 Å². The van der Waals surface area contributed by atoms with Gasteiger partial charge < -0.3 is 14.8 Å². The Morgan fingerprint density at radius 2 is 1.90 bits per heavy atom. The highest BCUT2D eigenvalue weighted by Crippen LogP contribution is 2.25. The predicted octanol–water partition coefficient (Wildman–Crippen LogP) is 3.16. The number of methoxy groups -OCH3 is 1. The van der Waals surface area contributed by atoms with Gasteiger partial charge in [0.15, 0.2) is 18.1 Å². The molecule has 0 saturated carbocycles. The lowest BCUT2D eigenvalue weighted by atomic mass is 10.2. The summed E-state index contributed by atoms with van der Waals surface area (Å²) in [6.07, 6.45) is 0. The number of ether oxygens (including phenoxy) is 2. The van der Waals surface area contributed by atoms with E-state index in [4.69, 9.17) is 9.47 Å². The van der Waals surface area contributed by atoms with Gasteiger partial charge in [-0.25, -0.2) is 4.39 Å². The van der Waals surface area contributed by atoms with Gasteiger partial charge in [-0.3, -0.25) is 4.79 Å². The molecule has 0 bridgehead atoms. The third kappa shape index (κ3) is 3.95. The van der Waals surface area contributed by atoms with Crippen LogP contribution in [0, 0.1) is 12.7 Å². The standard InChI is InChI=1S/C16H16FNO3/c1-11-9-12(17)7-8-13(11)18-16(19)10-21-15-6-4-3-5-14(15)20-2/h3-9H,10H2,1-2H3,(H,18,19). The Balaban J connectivity index is 1.96. The van der Waals surface area contributed by atoms with Crippen molar-refractivity contribution in [3.8, 4) is 11.5 Å². The van der Waals surface area contributed by atoms with Crippen molar-refractivity contribution in [2.45, 2.75) is 6.92 Å². The minimum absolute atomic E-state index is 0.156. The van der Waals surface area contributed by atoms with Crippen LogP contribution in [0.1, 0.15) is 5.56 Å². The lowest BCUT2D eigenvalue weighted by molar-refractivity contribution is -0.118. The van der Waals surface area contributed by atoms with E-state index in [1.165, 1.54) is 25.3 Å². The summed E-state index contributed by atoms with van der Waals surface area (Å²) in [5.74, 6) is 0.389. The van der Waals surface area contributed by atoms with Crippen molar-refractivity contribution in [1.82, 2.24) is 0 Å². The minimum Gasteiger partial charge on any atom is -0.493 e. The van der Waals surface area contributed by atoms with Crippen molar-refractivity contribution in [3.05, 3.63) is 53.8 Å². The highest BCUT2D eigenvalue weighted by molar-refractivity contribution is 5.92. The first kappa shape index (κ1) is 14.8. The number of carbonyl (C=O) groups excluding carboxylic acids is 1. The van der Waals surface area contributed by atoms with E-state index in [-0.39, 0.29) is 18.3 Å². The van der Waals surface area contributed by atoms with Crippen LogP contribution in [0.2, 0.25) is 0 Å². The van der Waals surface area contributed by atoms with Crippen LogP contribution in [0.5, 0.6) is 11.5 Å². The number of carbonyl (C=O) groups is 1. The van der Waals surface area contributed by atoms with Crippen LogP contribution in [0.4, 0.5) is 10.1 Å². The lowest BCUT2D eigenvalue weighted by Crippen LogP contribution is -2.20. The average molecular weight is 289 g/mol. The van der Waals surface area contributed by atoms with E-state index < -0.39 is 0 Å². The third-order valence-electron chi connectivity index (χ3n) is 2.89. The van der Waals surface area contributed by atoms with Gasteiger partial charge in [-0.2, -0.15) is 0 Å².